The molecule has 0 bridgehead atoms. The smallest absolute Gasteiger partial charge is 0.466 e. The van der Waals surface area contributed by atoms with E-state index < -0.39 is 12.3 Å². The fourth-order valence-corrected chi connectivity index (χ4v) is 4.13. The van der Waals surface area contributed by atoms with E-state index in [-0.39, 0.29) is 11.2 Å². The topological polar surface area (TPSA) is 35.5 Å². The number of esters is 1. The number of carbonyl (C=O) groups is 1. The number of methoxy groups -OCH3 is 1. The van der Waals surface area contributed by atoms with E-state index in [1.54, 1.807) is 18.2 Å². The summed E-state index contributed by atoms with van der Waals surface area (Å²) in [7, 11) is 1.31. The lowest BCUT2D eigenvalue weighted by atomic mass is 9.87. The van der Waals surface area contributed by atoms with Crippen LogP contribution in [0.5, 0.6) is 5.75 Å². The van der Waals surface area contributed by atoms with Crippen molar-refractivity contribution in [3.63, 3.8) is 0 Å². The van der Waals surface area contributed by atoms with Crippen LogP contribution in [-0.2, 0) is 14.9 Å². The van der Waals surface area contributed by atoms with Gasteiger partial charge in [-0.25, -0.2) is 4.79 Å². The predicted octanol–water partition coefficient (Wildman–Crippen LogP) is 7.89. The molecule has 3 aromatic rings. The lowest BCUT2D eigenvalue weighted by Gasteiger charge is -2.19. The SMILES string of the molecule is COC(=O)/C=C\c1ccc(-c2ccc(OC(F)(F)F)cc2)cc1Sc1ccc(C(C)(C)C)cc1. The van der Waals surface area contributed by atoms with Crippen molar-refractivity contribution in [3.8, 4) is 16.9 Å². The first kappa shape index (κ1) is 25.4. The standard InChI is InChI=1S/C27H25F3O3S/c1-26(2,3)21-10-14-23(15-11-21)34-24-17-20(6-5-19(24)9-16-25(31)32-4)18-7-12-22(13-8-18)33-27(28,29)30/h5-17H,1-4H3/b16-9-. The van der Waals surface area contributed by atoms with Crippen molar-refractivity contribution in [1.82, 2.24) is 0 Å². The van der Waals surface area contributed by atoms with Crippen molar-refractivity contribution in [1.29, 1.82) is 0 Å². The normalized spacial score (nSPS) is 12.1. The number of benzene rings is 3. The first-order valence-corrected chi connectivity index (χ1v) is 11.3. The van der Waals surface area contributed by atoms with E-state index in [9.17, 15) is 18.0 Å². The van der Waals surface area contributed by atoms with Gasteiger partial charge in [-0.05, 0) is 64.1 Å². The maximum Gasteiger partial charge on any atom is 0.573 e. The Morgan fingerprint density at radius 2 is 1.50 bits per heavy atom. The maximum atomic E-state index is 12.5. The van der Waals surface area contributed by atoms with Crippen LogP contribution in [0.1, 0.15) is 31.9 Å². The van der Waals surface area contributed by atoms with Crippen molar-refractivity contribution in [2.75, 3.05) is 7.11 Å². The average molecular weight is 487 g/mol. The van der Waals surface area contributed by atoms with E-state index in [4.69, 9.17) is 0 Å². The molecule has 3 nitrogen and oxygen atoms in total. The predicted molar refractivity (Wildman–Crippen MR) is 129 cm³/mol. The van der Waals surface area contributed by atoms with Crippen LogP contribution in [0.3, 0.4) is 0 Å². The molecule has 0 N–H and O–H groups in total. The summed E-state index contributed by atoms with van der Waals surface area (Å²) in [6.45, 7) is 6.46. The van der Waals surface area contributed by atoms with Crippen molar-refractivity contribution < 1.29 is 27.4 Å². The summed E-state index contributed by atoms with van der Waals surface area (Å²) in [6.07, 6.45) is -1.70. The van der Waals surface area contributed by atoms with E-state index in [1.807, 2.05) is 18.2 Å². The van der Waals surface area contributed by atoms with Gasteiger partial charge in [-0.15, -0.1) is 13.2 Å². The van der Waals surface area contributed by atoms with Crippen LogP contribution >= 0.6 is 11.8 Å². The Bertz CT molecular complexity index is 1160. The van der Waals surface area contributed by atoms with Gasteiger partial charge in [-0.3, -0.25) is 0 Å². The molecule has 7 heteroatoms. The second-order valence-electron chi connectivity index (χ2n) is 8.56. The Kier molecular flexibility index (Phi) is 7.77. The first-order valence-electron chi connectivity index (χ1n) is 10.5. The molecule has 0 saturated heterocycles. The lowest BCUT2D eigenvalue weighted by molar-refractivity contribution is -0.274. The summed E-state index contributed by atoms with van der Waals surface area (Å²) in [5, 5.41) is 0. The maximum absolute atomic E-state index is 12.5. The van der Waals surface area contributed by atoms with Gasteiger partial charge in [0, 0.05) is 15.9 Å². The fraction of sp³-hybridized carbons (Fsp3) is 0.222. The van der Waals surface area contributed by atoms with E-state index in [2.05, 4.69) is 54.5 Å². The highest BCUT2D eigenvalue weighted by molar-refractivity contribution is 7.99. The zero-order chi connectivity index (χ0) is 24.9. The van der Waals surface area contributed by atoms with E-state index >= 15 is 0 Å². The third kappa shape index (κ3) is 7.15. The van der Waals surface area contributed by atoms with Crippen LogP contribution in [0.4, 0.5) is 13.2 Å². The van der Waals surface area contributed by atoms with Gasteiger partial charge >= 0.3 is 12.3 Å². The number of halogens is 3. The average Bonchev–Trinajstić information content (AvgIpc) is 2.77. The quantitative estimate of drug-likeness (QED) is 0.262. The van der Waals surface area contributed by atoms with Gasteiger partial charge in [-0.2, -0.15) is 0 Å². The first-order chi connectivity index (χ1) is 15.9. The molecule has 3 aromatic carbocycles. The summed E-state index contributed by atoms with van der Waals surface area (Å²) in [5.74, 6) is -0.739. The molecule has 0 fully saturated rings. The van der Waals surface area contributed by atoms with Crippen LogP contribution < -0.4 is 4.74 Å². The molecule has 178 valence electrons. The third-order valence-electron chi connectivity index (χ3n) is 4.98. The van der Waals surface area contributed by atoms with Crippen LogP contribution in [0, 0.1) is 0 Å². The van der Waals surface area contributed by atoms with E-state index in [1.165, 1.54) is 42.6 Å². The Morgan fingerprint density at radius 3 is 2.06 bits per heavy atom. The molecule has 0 unspecified atom stereocenters. The highest BCUT2D eigenvalue weighted by atomic mass is 32.2. The van der Waals surface area contributed by atoms with Gasteiger partial charge in [0.2, 0.25) is 0 Å². The Balaban J connectivity index is 1.94. The van der Waals surface area contributed by atoms with Gasteiger partial charge in [0.05, 0.1) is 7.11 Å². The lowest BCUT2D eigenvalue weighted by Crippen LogP contribution is -2.16. The molecular formula is C27H25F3O3S. The number of alkyl halides is 3. The molecule has 34 heavy (non-hydrogen) atoms. The van der Waals surface area contributed by atoms with Gasteiger partial charge in [0.1, 0.15) is 5.75 Å². The minimum Gasteiger partial charge on any atom is -0.466 e. The van der Waals surface area contributed by atoms with E-state index in [0.29, 0.717) is 0 Å². The van der Waals surface area contributed by atoms with Gasteiger partial charge < -0.3 is 9.47 Å². The summed E-state index contributed by atoms with van der Waals surface area (Å²) in [6, 6.07) is 19.7. The van der Waals surface area contributed by atoms with Gasteiger partial charge in [0.25, 0.3) is 0 Å². The molecule has 0 amide bonds. The Morgan fingerprint density at radius 1 is 0.882 bits per heavy atom. The Labute approximate surface area is 201 Å². The van der Waals surface area contributed by atoms with Crippen molar-refractivity contribution >= 4 is 23.8 Å². The molecule has 0 saturated carbocycles. The largest absolute Gasteiger partial charge is 0.573 e. The molecule has 0 heterocycles. The zero-order valence-corrected chi connectivity index (χ0v) is 20.1. The minimum atomic E-state index is -4.73. The van der Waals surface area contributed by atoms with Crippen LogP contribution in [0.2, 0.25) is 0 Å². The number of rotatable bonds is 6. The number of carbonyl (C=O) groups excluding carboxylic acids is 1. The van der Waals surface area contributed by atoms with Crippen molar-refractivity contribution in [2.45, 2.75) is 42.3 Å². The summed E-state index contributed by atoms with van der Waals surface area (Å²) in [4.78, 5) is 13.5. The Hall–Kier alpha value is -3.19. The second-order valence-corrected chi connectivity index (χ2v) is 9.67. The molecule has 0 aliphatic rings. The molecule has 0 atom stereocenters. The molecule has 0 spiro atoms. The third-order valence-corrected chi connectivity index (χ3v) is 6.06. The minimum absolute atomic E-state index is 0.0412. The highest BCUT2D eigenvalue weighted by Crippen LogP contribution is 2.36. The summed E-state index contributed by atoms with van der Waals surface area (Å²) in [5.41, 5.74) is 3.64. The molecule has 0 aromatic heterocycles. The zero-order valence-electron chi connectivity index (χ0n) is 19.3. The number of ether oxygens (including phenoxy) is 2. The second kappa shape index (κ2) is 10.4. The van der Waals surface area contributed by atoms with Crippen LogP contribution in [-0.4, -0.2) is 19.4 Å². The van der Waals surface area contributed by atoms with Gasteiger partial charge in [0.15, 0.2) is 0 Å². The van der Waals surface area contributed by atoms with Crippen molar-refractivity contribution in [3.05, 3.63) is 83.9 Å². The molecule has 0 radical (unpaired) electrons. The van der Waals surface area contributed by atoms with Crippen LogP contribution in [0.15, 0.2) is 82.6 Å². The number of hydrogen-bond donors (Lipinski definition) is 0. The fourth-order valence-electron chi connectivity index (χ4n) is 3.16. The van der Waals surface area contributed by atoms with Crippen molar-refractivity contribution in [2.24, 2.45) is 0 Å². The molecule has 0 aliphatic heterocycles. The number of hydrogen-bond acceptors (Lipinski definition) is 4. The highest BCUT2D eigenvalue weighted by Gasteiger charge is 2.31. The molecule has 3 rings (SSSR count). The van der Waals surface area contributed by atoms with E-state index in [0.717, 1.165) is 26.5 Å². The summed E-state index contributed by atoms with van der Waals surface area (Å²) < 4.78 is 46.0. The summed E-state index contributed by atoms with van der Waals surface area (Å²) >= 11 is 1.54. The molecular weight excluding hydrogens is 461 g/mol. The monoisotopic (exact) mass is 486 g/mol. The van der Waals surface area contributed by atoms with Gasteiger partial charge in [-0.1, -0.05) is 68.9 Å². The van der Waals surface area contributed by atoms with Crippen LogP contribution in [0.25, 0.3) is 17.2 Å². The molecule has 0 aliphatic carbocycles.